The highest BCUT2D eigenvalue weighted by molar-refractivity contribution is 8.15. The van der Waals surface area contributed by atoms with Crippen LogP contribution in [-0.4, -0.2) is 30.9 Å². The Morgan fingerprint density at radius 1 is 1.08 bits per heavy atom. The molecule has 0 bridgehead atoms. The van der Waals surface area contributed by atoms with Gasteiger partial charge < -0.3 is 10.4 Å². The number of anilines is 1. The van der Waals surface area contributed by atoms with Gasteiger partial charge in [0.05, 0.1) is 27.7 Å². The van der Waals surface area contributed by atoms with Gasteiger partial charge >= 0.3 is 11.9 Å². The number of hydrogen-bond donors (Lipinski definition) is 2. The number of alkyl halides is 3. The van der Waals surface area contributed by atoms with Gasteiger partial charge in [-0.05, 0) is 42.5 Å². The molecule has 1 amide bonds. The molecule has 0 spiro atoms. The Labute approximate surface area is 216 Å². The molecule has 1 aromatic heterocycles. The second kappa shape index (κ2) is 10.8. The summed E-state index contributed by atoms with van der Waals surface area (Å²) in [7, 11) is 2.45. The molecule has 0 atom stereocenters. The van der Waals surface area contributed by atoms with E-state index in [0.29, 0.717) is 16.8 Å². The fraction of sp³-hybridized carbons (Fsp3) is 0.182. The predicted molar refractivity (Wildman–Crippen MR) is 134 cm³/mol. The van der Waals surface area contributed by atoms with Crippen LogP contribution in [0.5, 0.6) is 5.88 Å². The first-order valence-electron chi connectivity index (χ1n) is 9.92. The first-order valence-corrected chi connectivity index (χ1v) is 11.7. The Kier molecular flexibility index (Phi) is 8.22. The molecule has 8 nitrogen and oxygen atoms in total. The maximum atomic E-state index is 13.0. The Hall–Kier alpha value is -3.22. The summed E-state index contributed by atoms with van der Waals surface area (Å²) < 4.78 is 40.6. The number of carbonyl (C=O) groups excluding carboxylic acids is 1. The Bertz CT molecular complexity index is 1470. The van der Waals surface area contributed by atoms with Crippen LogP contribution in [0.4, 0.5) is 24.5 Å². The van der Waals surface area contributed by atoms with E-state index in [0.717, 1.165) is 33.0 Å². The lowest BCUT2D eigenvalue weighted by Crippen LogP contribution is -2.39. The fourth-order valence-electron chi connectivity index (χ4n) is 2.93. The molecule has 1 heterocycles. The molecule has 3 rings (SSSR count). The third-order valence-electron chi connectivity index (χ3n) is 4.81. The minimum Gasteiger partial charge on any atom is -0.494 e. The van der Waals surface area contributed by atoms with E-state index in [2.05, 4.69) is 10.3 Å². The Balaban J connectivity index is 1.96. The van der Waals surface area contributed by atoms with Crippen molar-refractivity contribution in [3.05, 3.63) is 84.5 Å². The topological polar surface area (TPSA) is 106 Å². The molecule has 0 aliphatic carbocycles. The number of amides is 1. The summed E-state index contributed by atoms with van der Waals surface area (Å²) in [5.41, 5.74) is -2.93. The summed E-state index contributed by atoms with van der Waals surface area (Å²) in [4.78, 5) is 41.8. The lowest BCUT2D eigenvalue weighted by atomic mass is 10.2. The summed E-state index contributed by atoms with van der Waals surface area (Å²) in [6.45, 7) is 0. The molecule has 0 unspecified atom stereocenters. The average Bonchev–Trinajstić information content (AvgIpc) is 2.82. The average molecular weight is 561 g/mol. The molecule has 3 aromatic rings. The third-order valence-corrected chi connectivity index (χ3v) is 6.37. The molecule has 0 fully saturated rings. The van der Waals surface area contributed by atoms with Crippen molar-refractivity contribution >= 4 is 57.3 Å². The van der Waals surface area contributed by atoms with Gasteiger partial charge in [0.2, 0.25) is 11.8 Å². The van der Waals surface area contributed by atoms with Crippen molar-refractivity contribution in [1.82, 2.24) is 9.13 Å². The number of rotatable bonds is 5. The number of carbonyl (C=O) groups is 1. The van der Waals surface area contributed by atoms with Crippen molar-refractivity contribution in [3.8, 4) is 5.88 Å². The number of aliphatic imine (C=N–C) groups is 1. The van der Waals surface area contributed by atoms with Crippen molar-refractivity contribution in [2.45, 2.75) is 6.18 Å². The molecule has 0 aliphatic heterocycles. The number of nitrogens with zero attached hydrogens (tertiary/aromatic N) is 3. The predicted octanol–water partition coefficient (Wildman–Crippen LogP) is 4.57. The first-order chi connectivity index (χ1) is 16.8. The van der Waals surface area contributed by atoms with Crippen molar-refractivity contribution in [2.24, 2.45) is 19.1 Å². The monoisotopic (exact) mass is 560 g/mol. The van der Waals surface area contributed by atoms with Crippen molar-refractivity contribution < 1.29 is 23.1 Å². The van der Waals surface area contributed by atoms with E-state index in [1.54, 1.807) is 0 Å². The van der Waals surface area contributed by atoms with Crippen LogP contribution < -0.4 is 16.6 Å². The number of aromatic nitrogens is 2. The van der Waals surface area contributed by atoms with Crippen molar-refractivity contribution in [2.75, 3.05) is 11.1 Å². The van der Waals surface area contributed by atoms with Crippen molar-refractivity contribution in [1.29, 1.82) is 0 Å². The van der Waals surface area contributed by atoms with Crippen LogP contribution >= 0.6 is 35.0 Å². The van der Waals surface area contributed by atoms with Gasteiger partial charge in [0.1, 0.15) is 10.6 Å². The molecular weight excluding hydrogens is 544 g/mol. The van der Waals surface area contributed by atoms with Crippen LogP contribution in [0.1, 0.15) is 11.1 Å². The minimum absolute atomic E-state index is 0.110. The number of hydrogen-bond acceptors (Lipinski definition) is 6. The quantitative estimate of drug-likeness (QED) is 0.351. The van der Waals surface area contributed by atoms with E-state index in [4.69, 9.17) is 23.2 Å². The molecule has 2 N–H and O–H groups in total. The third kappa shape index (κ3) is 6.12. The lowest BCUT2D eigenvalue weighted by Gasteiger charge is -2.13. The maximum Gasteiger partial charge on any atom is 0.416 e. The number of benzene rings is 2. The van der Waals surface area contributed by atoms with Crippen LogP contribution in [0.25, 0.3) is 0 Å². The van der Waals surface area contributed by atoms with Crippen LogP contribution in [0, 0.1) is 0 Å². The van der Waals surface area contributed by atoms with Gasteiger partial charge in [-0.25, -0.2) is 9.79 Å². The van der Waals surface area contributed by atoms with E-state index < -0.39 is 40.5 Å². The summed E-state index contributed by atoms with van der Waals surface area (Å²) in [6, 6.07) is 8.59. The molecule has 0 aliphatic rings. The maximum absolute atomic E-state index is 13.0. The Morgan fingerprint density at radius 2 is 1.72 bits per heavy atom. The molecular formula is C22H17Cl2F3N4O4S. The molecule has 0 saturated heterocycles. The van der Waals surface area contributed by atoms with Gasteiger partial charge in [-0.1, -0.05) is 35.0 Å². The van der Waals surface area contributed by atoms with Crippen LogP contribution in [0.2, 0.25) is 10.0 Å². The van der Waals surface area contributed by atoms with Crippen LogP contribution in [0.3, 0.4) is 0 Å². The Morgan fingerprint density at radius 3 is 2.33 bits per heavy atom. The van der Waals surface area contributed by atoms with Crippen LogP contribution in [0.15, 0.2) is 57.0 Å². The van der Waals surface area contributed by atoms with E-state index >= 15 is 0 Å². The van der Waals surface area contributed by atoms with E-state index in [-0.39, 0.29) is 21.3 Å². The zero-order valence-corrected chi connectivity index (χ0v) is 20.9. The highest BCUT2D eigenvalue weighted by Gasteiger charge is 2.31. The molecule has 14 heteroatoms. The largest absolute Gasteiger partial charge is 0.494 e. The number of thioether (sulfide) groups is 1. The van der Waals surface area contributed by atoms with Gasteiger partial charge in [-0.15, -0.1) is 0 Å². The molecule has 2 aromatic carbocycles. The first kappa shape index (κ1) is 27.4. The summed E-state index contributed by atoms with van der Waals surface area (Å²) in [5.74, 6) is -1.86. The highest BCUT2D eigenvalue weighted by Crippen LogP contribution is 2.34. The SMILES string of the molecule is Cn1c(O)c(C(=Nc2ccc(Cl)cc2)SCC(=O)Nc2cc(C(F)(F)F)ccc2Cl)c(=O)n(C)c1=O. The number of nitrogens with one attached hydrogen (secondary N) is 1. The zero-order chi connectivity index (χ0) is 26.8. The second-order valence-corrected chi connectivity index (χ2v) is 9.13. The summed E-state index contributed by atoms with van der Waals surface area (Å²) >= 11 is 12.5. The normalized spacial score (nSPS) is 12.0. The summed E-state index contributed by atoms with van der Waals surface area (Å²) in [6.07, 6.45) is -4.64. The fourth-order valence-corrected chi connectivity index (χ4v) is 4.06. The lowest BCUT2D eigenvalue weighted by molar-refractivity contribution is -0.137. The number of aromatic hydroxyl groups is 1. The van der Waals surface area contributed by atoms with Gasteiger partial charge in [0.25, 0.3) is 5.56 Å². The smallest absolute Gasteiger partial charge is 0.416 e. The van der Waals surface area contributed by atoms with Crippen molar-refractivity contribution in [3.63, 3.8) is 0 Å². The van der Waals surface area contributed by atoms with Gasteiger partial charge in [-0.2, -0.15) is 13.2 Å². The summed E-state index contributed by atoms with van der Waals surface area (Å²) in [5, 5.41) is 13.0. The number of halogens is 5. The van der Waals surface area contributed by atoms with Gasteiger partial charge in [0, 0.05) is 19.1 Å². The van der Waals surface area contributed by atoms with E-state index in [9.17, 15) is 32.7 Å². The molecule has 36 heavy (non-hydrogen) atoms. The van der Waals surface area contributed by atoms with Gasteiger partial charge in [-0.3, -0.25) is 18.7 Å². The van der Waals surface area contributed by atoms with Crippen LogP contribution in [-0.2, 0) is 25.1 Å². The second-order valence-electron chi connectivity index (χ2n) is 7.33. The van der Waals surface area contributed by atoms with E-state index in [1.165, 1.54) is 38.4 Å². The highest BCUT2D eigenvalue weighted by atomic mass is 35.5. The van der Waals surface area contributed by atoms with Gasteiger partial charge in [0.15, 0.2) is 0 Å². The zero-order valence-electron chi connectivity index (χ0n) is 18.6. The molecule has 0 saturated carbocycles. The standard InChI is InChI=1S/C22H17Cl2F3N4O4S/c1-30-19(33)17(20(34)31(2)21(30)35)18(28-13-6-4-12(23)5-7-13)36-10-16(32)29-15-9-11(22(25,26)27)3-8-14(15)24/h3-9,33H,10H2,1-2H3,(H,29,32). The minimum atomic E-state index is -4.64. The molecule has 190 valence electrons. The van der Waals surface area contributed by atoms with E-state index in [1.807, 2.05) is 0 Å². The molecule has 0 radical (unpaired) electrons.